The second kappa shape index (κ2) is 12.8. The molecule has 0 aliphatic carbocycles. The van der Waals surface area contributed by atoms with Gasteiger partial charge in [0, 0.05) is 12.2 Å². The summed E-state index contributed by atoms with van der Waals surface area (Å²) in [5, 5.41) is 5.64. The largest absolute Gasteiger partial charge is 0.493 e. The molecular weight excluding hydrogens is 472 g/mol. The predicted molar refractivity (Wildman–Crippen MR) is 146 cm³/mol. The Labute approximate surface area is 216 Å². The minimum Gasteiger partial charge on any atom is -0.493 e. The molecule has 192 valence electrons. The van der Waals surface area contributed by atoms with E-state index in [1.54, 1.807) is 77.0 Å². The highest BCUT2D eigenvalue weighted by Crippen LogP contribution is 2.29. The van der Waals surface area contributed by atoms with Crippen LogP contribution in [0.15, 0.2) is 66.7 Å². The van der Waals surface area contributed by atoms with Crippen LogP contribution in [0.2, 0.25) is 0 Å². The van der Waals surface area contributed by atoms with Gasteiger partial charge in [0.05, 0.1) is 39.8 Å². The fourth-order valence-corrected chi connectivity index (χ4v) is 3.48. The van der Waals surface area contributed by atoms with Gasteiger partial charge in [-0.15, -0.1) is 0 Å². The van der Waals surface area contributed by atoms with Gasteiger partial charge in [-0.05, 0) is 72.2 Å². The highest BCUT2D eigenvalue weighted by Gasteiger charge is 2.09. The summed E-state index contributed by atoms with van der Waals surface area (Å²) in [7, 11) is 6.22. The van der Waals surface area contributed by atoms with Gasteiger partial charge in [-0.2, -0.15) is 0 Å². The summed E-state index contributed by atoms with van der Waals surface area (Å²) in [6.45, 7) is 1.90. The van der Waals surface area contributed by atoms with E-state index in [2.05, 4.69) is 10.6 Å². The lowest BCUT2D eigenvalue weighted by Gasteiger charge is -2.12. The van der Waals surface area contributed by atoms with E-state index in [1.807, 2.05) is 25.1 Å². The molecule has 3 rings (SSSR count). The summed E-state index contributed by atoms with van der Waals surface area (Å²) < 4.78 is 21.1. The number of aryl methyl sites for hydroxylation is 1. The second-order valence-corrected chi connectivity index (χ2v) is 7.92. The molecule has 0 spiro atoms. The van der Waals surface area contributed by atoms with Gasteiger partial charge >= 0.3 is 0 Å². The quantitative estimate of drug-likeness (QED) is 0.364. The van der Waals surface area contributed by atoms with E-state index in [-0.39, 0.29) is 11.8 Å². The SMILES string of the molecule is COc1ccc(C=CC(=O)Nc2ccc(C)cc2NC(=O)C=Cc2ccc(OC)c(OC)c2)cc1OC. The number of rotatable bonds is 10. The fourth-order valence-electron chi connectivity index (χ4n) is 3.48. The van der Waals surface area contributed by atoms with Crippen LogP contribution in [0.5, 0.6) is 23.0 Å². The van der Waals surface area contributed by atoms with Crippen LogP contribution in [-0.2, 0) is 9.59 Å². The zero-order chi connectivity index (χ0) is 26.8. The third-order valence-electron chi connectivity index (χ3n) is 5.36. The molecule has 37 heavy (non-hydrogen) atoms. The molecule has 0 aromatic heterocycles. The van der Waals surface area contributed by atoms with Crippen molar-refractivity contribution < 1.29 is 28.5 Å². The van der Waals surface area contributed by atoms with Crippen molar-refractivity contribution in [2.24, 2.45) is 0 Å². The third kappa shape index (κ3) is 7.38. The Bertz CT molecular complexity index is 1330. The number of methoxy groups -OCH3 is 4. The van der Waals surface area contributed by atoms with Gasteiger partial charge in [0.1, 0.15) is 0 Å². The Morgan fingerprint density at radius 2 is 1.05 bits per heavy atom. The second-order valence-electron chi connectivity index (χ2n) is 7.92. The minimum atomic E-state index is -0.352. The maximum Gasteiger partial charge on any atom is 0.248 e. The van der Waals surface area contributed by atoms with Gasteiger partial charge in [-0.3, -0.25) is 9.59 Å². The molecule has 0 unspecified atom stereocenters. The van der Waals surface area contributed by atoms with Gasteiger partial charge in [-0.1, -0.05) is 18.2 Å². The van der Waals surface area contributed by atoms with Crippen LogP contribution in [0, 0.1) is 6.92 Å². The van der Waals surface area contributed by atoms with Gasteiger partial charge in [0.2, 0.25) is 11.8 Å². The molecule has 2 amide bonds. The van der Waals surface area contributed by atoms with Crippen molar-refractivity contribution in [1.29, 1.82) is 0 Å². The standard InChI is InChI=1S/C29H30N2O6/c1-19-6-11-22(30-28(32)14-9-20-7-12-24(34-2)26(17-20)36-4)23(16-19)31-29(33)15-10-21-8-13-25(35-3)27(18-21)37-5/h6-18H,1-5H3,(H,30,32)(H,31,33). The van der Waals surface area contributed by atoms with Crippen LogP contribution in [0.3, 0.4) is 0 Å². The number of anilines is 2. The summed E-state index contributed by atoms with van der Waals surface area (Å²) in [5.74, 6) is 1.63. The van der Waals surface area contributed by atoms with E-state index in [0.717, 1.165) is 16.7 Å². The molecule has 8 heteroatoms. The van der Waals surface area contributed by atoms with E-state index in [9.17, 15) is 9.59 Å². The molecular formula is C29H30N2O6. The summed E-state index contributed by atoms with van der Waals surface area (Å²) >= 11 is 0. The van der Waals surface area contributed by atoms with Crippen molar-refractivity contribution in [3.8, 4) is 23.0 Å². The molecule has 0 atom stereocenters. The van der Waals surface area contributed by atoms with Crippen molar-refractivity contribution in [1.82, 2.24) is 0 Å². The predicted octanol–water partition coefficient (Wildman–Crippen LogP) is 5.33. The molecule has 0 heterocycles. The Hall–Kier alpha value is -4.72. The molecule has 0 fully saturated rings. The first-order valence-corrected chi connectivity index (χ1v) is 11.4. The summed E-state index contributed by atoms with van der Waals surface area (Å²) in [4.78, 5) is 25.2. The number of nitrogens with one attached hydrogen (secondary N) is 2. The highest BCUT2D eigenvalue weighted by molar-refractivity contribution is 6.08. The van der Waals surface area contributed by atoms with Crippen molar-refractivity contribution >= 4 is 35.3 Å². The molecule has 0 radical (unpaired) electrons. The number of hydrogen-bond acceptors (Lipinski definition) is 6. The van der Waals surface area contributed by atoms with Crippen LogP contribution < -0.4 is 29.6 Å². The minimum absolute atomic E-state index is 0.350. The number of carbonyl (C=O) groups is 2. The molecule has 0 saturated heterocycles. The third-order valence-corrected chi connectivity index (χ3v) is 5.36. The highest BCUT2D eigenvalue weighted by atomic mass is 16.5. The van der Waals surface area contributed by atoms with Gasteiger partial charge < -0.3 is 29.6 Å². The van der Waals surface area contributed by atoms with Crippen LogP contribution in [0.4, 0.5) is 11.4 Å². The van der Waals surface area contributed by atoms with E-state index < -0.39 is 0 Å². The maximum absolute atomic E-state index is 12.6. The number of benzene rings is 3. The summed E-state index contributed by atoms with van der Waals surface area (Å²) in [5.41, 5.74) is 3.42. The fraction of sp³-hybridized carbons (Fsp3) is 0.172. The first kappa shape index (κ1) is 26.9. The number of hydrogen-bond donors (Lipinski definition) is 2. The van der Waals surface area contributed by atoms with Crippen LogP contribution in [0.1, 0.15) is 16.7 Å². The number of amides is 2. The zero-order valence-corrected chi connectivity index (χ0v) is 21.5. The monoisotopic (exact) mass is 502 g/mol. The van der Waals surface area contributed by atoms with Crippen molar-refractivity contribution in [2.75, 3.05) is 39.1 Å². The molecule has 0 aliphatic rings. The lowest BCUT2D eigenvalue weighted by atomic mass is 10.1. The van der Waals surface area contributed by atoms with Gasteiger partial charge in [-0.25, -0.2) is 0 Å². The Kier molecular flexibility index (Phi) is 9.32. The summed E-state index contributed by atoms with van der Waals surface area (Å²) in [6.07, 6.45) is 6.14. The van der Waals surface area contributed by atoms with Crippen LogP contribution in [-0.4, -0.2) is 40.3 Å². The molecule has 8 nitrogen and oxygen atoms in total. The molecule has 0 saturated carbocycles. The van der Waals surface area contributed by atoms with E-state index in [1.165, 1.54) is 12.2 Å². The average Bonchev–Trinajstić information content (AvgIpc) is 2.91. The first-order valence-electron chi connectivity index (χ1n) is 11.4. The van der Waals surface area contributed by atoms with Gasteiger partial charge in [0.15, 0.2) is 23.0 Å². The summed E-state index contributed by atoms with van der Waals surface area (Å²) in [6, 6.07) is 16.1. The maximum atomic E-state index is 12.6. The lowest BCUT2D eigenvalue weighted by Crippen LogP contribution is -2.14. The van der Waals surface area contributed by atoms with Crippen LogP contribution in [0.25, 0.3) is 12.2 Å². The smallest absolute Gasteiger partial charge is 0.248 e. The average molecular weight is 503 g/mol. The Balaban J connectivity index is 1.70. The molecule has 2 N–H and O–H groups in total. The van der Waals surface area contributed by atoms with Gasteiger partial charge in [0.25, 0.3) is 0 Å². The zero-order valence-electron chi connectivity index (χ0n) is 21.5. The van der Waals surface area contributed by atoms with Crippen molar-refractivity contribution in [3.05, 3.63) is 83.4 Å². The molecule has 3 aromatic carbocycles. The normalized spacial score (nSPS) is 10.8. The van der Waals surface area contributed by atoms with Crippen molar-refractivity contribution in [3.63, 3.8) is 0 Å². The Morgan fingerprint density at radius 3 is 1.51 bits per heavy atom. The number of ether oxygens (including phenoxy) is 4. The van der Waals surface area contributed by atoms with E-state index in [4.69, 9.17) is 18.9 Å². The van der Waals surface area contributed by atoms with E-state index in [0.29, 0.717) is 34.4 Å². The van der Waals surface area contributed by atoms with E-state index >= 15 is 0 Å². The van der Waals surface area contributed by atoms with Crippen molar-refractivity contribution in [2.45, 2.75) is 6.92 Å². The molecule has 0 bridgehead atoms. The Morgan fingerprint density at radius 1 is 0.595 bits per heavy atom. The molecule has 3 aromatic rings. The topological polar surface area (TPSA) is 95.1 Å². The molecule has 0 aliphatic heterocycles. The number of carbonyl (C=O) groups excluding carboxylic acids is 2. The van der Waals surface area contributed by atoms with Crippen LogP contribution >= 0.6 is 0 Å². The first-order chi connectivity index (χ1) is 17.9. The lowest BCUT2D eigenvalue weighted by molar-refractivity contribution is -0.112.